The number of hydrogen-bond acceptors (Lipinski definition) is 3. The first-order valence-corrected chi connectivity index (χ1v) is 10.1. The number of nitrogens with zero attached hydrogens (tertiary/aromatic N) is 1. The van der Waals surface area contributed by atoms with Gasteiger partial charge in [0.05, 0.1) is 11.6 Å². The predicted molar refractivity (Wildman–Crippen MR) is 117 cm³/mol. The number of para-hydroxylation sites is 2. The molecular formula is C25H24N2O3. The number of carbonyl (C=O) groups is 2. The number of hydrogen-bond donors (Lipinski definition) is 1. The molecule has 5 heteroatoms. The van der Waals surface area contributed by atoms with E-state index in [0.29, 0.717) is 17.9 Å². The summed E-state index contributed by atoms with van der Waals surface area (Å²) in [5.41, 5.74) is 3.54. The Morgan fingerprint density at radius 3 is 2.50 bits per heavy atom. The maximum absolute atomic E-state index is 12.8. The lowest BCUT2D eigenvalue weighted by atomic mass is 10.1. The number of ether oxygens (including phenoxy) is 1. The van der Waals surface area contributed by atoms with E-state index in [1.165, 1.54) is 5.56 Å². The zero-order chi connectivity index (χ0) is 20.9. The number of fused-ring (bicyclic) bond motifs is 1. The molecule has 1 atom stereocenters. The first-order chi connectivity index (χ1) is 14.6. The smallest absolute Gasteiger partial charge is 0.264 e. The van der Waals surface area contributed by atoms with Gasteiger partial charge < -0.3 is 15.0 Å². The molecule has 0 saturated carbocycles. The van der Waals surface area contributed by atoms with Crippen LogP contribution in [0.2, 0.25) is 0 Å². The monoisotopic (exact) mass is 400 g/mol. The van der Waals surface area contributed by atoms with Crippen LogP contribution in [-0.2, 0) is 11.2 Å². The molecule has 4 rings (SSSR count). The van der Waals surface area contributed by atoms with Crippen molar-refractivity contribution in [2.45, 2.75) is 19.4 Å². The molecule has 0 aliphatic carbocycles. The highest BCUT2D eigenvalue weighted by molar-refractivity contribution is 5.98. The van der Waals surface area contributed by atoms with Crippen LogP contribution in [0.4, 0.5) is 5.69 Å². The number of nitrogens with one attached hydrogen (secondary N) is 1. The Hall–Kier alpha value is -3.60. The van der Waals surface area contributed by atoms with E-state index in [1.807, 2.05) is 61.5 Å². The van der Waals surface area contributed by atoms with Gasteiger partial charge in [0.15, 0.2) is 6.61 Å². The Morgan fingerprint density at radius 1 is 0.967 bits per heavy atom. The van der Waals surface area contributed by atoms with Crippen LogP contribution in [0.5, 0.6) is 5.75 Å². The molecule has 1 N–H and O–H groups in total. The van der Waals surface area contributed by atoms with Gasteiger partial charge in [-0.25, -0.2) is 0 Å². The largest absolute Gasteiger partial charge is 0.483 e. The van der Waals surface area contributed by atoms with Crippen molar-refractivity contribution < 1.29 is 14.3 Å². The number of anilines is 1. The standard InChI is InChI=1S/C25H24N2O3/c1-18(19-9-3-2-4-10-19)26-25(29)21-12-6-8-14-23(21)30-17-24(28)27-16-15-20-11-5-7-13-22(20)27/h2-14,18H,15-17H2,1H3,(H,26,29)/t18-/m0/s1. The average molecular weight is 400 g/mol. The third-order valence-electron chi connectivity index (χ3n) is 5.32. The molecule has 0 radical (unpaired) electrons. The van der Waals surface area contributed by atoms with Gasteiger partial charge in [-0.15, -0.1) is 0 Å². The van der Waals surface area contributed by atoms with Gasteiger partial charge in [-0.05, 0) is 42.7 Å². The first kappa shape index (κ1) is 19.7. The highest BCUT2D eigenvalue weighted by atomic mass is 16.5. The van der Waals surface area contributed by atoms with E-state index < -0.39 is 0 Å². The van der Waals surface area contributed by atoms with Gasteiger partial charge in [-0.1, -0.05) is 60.7 Å². The molecule has 0 bridgehead atoms. The zero-order valence-electron chi connectivity index (χ0n) is 16.9. The Labute approximate surface area is 176 Å². The van der Waals surface area contributed by atoms with Crippen LogP contribution in [0.1, 0.15) is 34.5 Å². The molecule has 0 spiro atoms. The fourth-order valence-corrected chi connectivity index (χ4v) is 3.69. The van der Waals surface area contributed by atoms with Gasteiger partial charge >= 0.3 is 0 Å². The van der Waals surface area contributed by atoms with Crippen molar-refractivity contribution in [3.05, 3.63) is 95.6 Å². The third kappa shape index (κ3) is 4.20. The molecule has 1 heterocycles. The third-order valence-corrected chi connectivity index (χ3v) is 5.32. The lowest BCUT2D eigenvalue weighted by Crippen LogP contribution is -2.33. The van der Waals surface area contributed by atoms with Gasteiger partial charge in [0.2, 0.25) is 0 Å². The fraction of sp³-hybridized carbons (Fsp3) is 0.200. The molecule has 30 heavy (non-hydrogen) atoms. The molecule has 3 aromatic rings. The molecule has 152 valence electrons. The summed E-state index contributed by atoms with van der Waals surface area (Å²) in [7, 11) is 0. The Bertz CT molecular complexity index is 1050. The summed E-state index contributed by atoms with van der Waals surface area (Å²) in [6.07, 6.45) is 0.846. The summed E-state index contributed by atoms with van der Waals surface area (Å²) in [6.45, 7) is 2.47. The van der Waals surface area contributed by atoms with E-state index in [4.69, 9.17) is 4.74 Å². The van der Waals surface area contributed by atoms with Crippen LogP contribution in [0.3, 0.4) is 0 Å². The van der Waals surface area contributed by atoms with Gasteiger partial charge in [-0.2, -0.15) is 0 Å². The summed E-state index contributed by atoms with van der Waals surface area (Å²) in [5, 5.41) is 2.99. The average Bonchev–Trinajstić information content (AvgIpc) is 3.22. The van der Waals surface area contributed by atoms with Crippen molar-refractivity contribution in [1.82, 2.24) is 5.32 Å². The minimum atomic E-state index is -0.235. The molecule has 0 saturated heterocycles. The molecule has 0 fully saturated rings. The minimum Gasteiger partial charge on any atom is -0.483 e. The van der Waals surface area contributed by atoms with Gasteiger partial charge in [-0.3, -0.25) is 9.59 Å². The topological polar surface area (TPSA) is 58.6 Å². The molecular weight excluding hydrogens is 376 g/mol. The molecule has 3 aromatic carbocycles. The van der Waals surface area contributed by atoms with Crippen molar-refractivity contribution in [3.63, 3.8) is 0 Å². The van der Waals surface area contributed by atoms with Crippen molar-refractivity contribution in [3.8, 4) is 5.75 Å². The van der Waals surface area contributed by atoms with Gasteiger partial charge in [0.25, 0.3) is 11.8 Å². The van der Waals surface area contributed by atoms with Crippen molar-refractivity contribution in [2.75, 3.05) is 18.1 Å². The number of rotatable bonds is 6. The summed E-state index contributed by atoms with van der Waals surface area (Å²) in [5.74, 6) is 0.0461. The molecule has 2 amide bonds. The van der Waals surface area contributed by atoms with Crippen LogP contribution < -0.4 is 15.0 Å². The molecule has 1 aliphatic rings. The highest BCUT2D eigenvalue weighted by Gasteiger charge is 2.25. The second-order valence-electron chi connectivity index (χ2n) is 7.31. The fourth-order valence-electron chi connectivity index (χ4n) is 3.69. The van der Waals surface area contributed by atoms with E-state index in [2.05, 4.69) is 5.32 Å². The highest BCUT2D eigenvalue weighted by Crippen LogP contribution is 2.28. The first-order valence-electron chi connectivity index (χ1n) is 10.1. The predicted octanol–water partition coefficient (Wildman–Crippen LogP) is 4.15. The van der Waals surface area contributed by atoms with Crippen molar-refractivity contribution in [1.29, 1.82) is 0 Å². The van der Waals surface area contributed by atoms with Gasteiger partial charge in [0.1, 0.15) is 5.75 Å². The van der Waals surface area contributed by atoms with Crippen molar-refractivity contribution >= 4 is 17.5 Å². The second kappa shape index (κ2) is 8.82. The quantitative estimate of drug-likeness (QED) is 0.676. The number of amides is 2. The van der Waals surface area contributed by atoms with Crippen LogP contribution in [0.15, 0.2) is 78.9 Å². The molecule has 0 aromatic heterocycles. The van der Waals surface area contributed by atoms with E-state index in [-0.39, 0.29) is 24.5 Å². The van der Waals surface area contributed by atoms with E-state index in [1.54, 1.807) is 29.2 Å². The van der Waals surface area contributed by atoms with Crippen LogP contribution in [0.25, 0.3) is 0 Å². The van der Waals surface area contributed by atoms with Crippen LogP contribution in [-0.4, -0.2) is 25.0 Å². The SMILES string of the molecule is C[C@H](NC(=O)c1ccccc1OCC(=O)N1CCc2ccccc21)c1ccccc1. The summed E-state index contributed by atoms with van der Waals surface area (Å²) >= 11 is 0. The molecule has 5 nitrogen and oxygen atoms in total. The van der Waals surface area contributed by atoms with E-state index in [9.17, 15) is 9.59 Å². The van der Waals surface area contributed by atoms with Gasteiger partial charge in [0, 0.05) is 12.2 Å². The lowest BCUT2D eigenvalue weighted by Gasteiger charge is -2.19. The van der Waals surface area contributed by atoms with E-state index >= 15 is 0 Å². The Kier molecular flexibility index (Phi) is 5.80. The van der Waals surface area contributed by atoms with Crippen LogP contribution >= 0.6 is 0 Å². The minimum absolute atomic E-state index is 0.118. The maximum Gasteiger partial charge on any atom is 0.264 e. The molecule has 0 unspecified atom stereocenters. The normalized spacial score (nSPS) is 13.4. The van der Waals surface area contributed by atoms with E-state index in [0.717, 1.165) is 17.7 Å². The summed E-state index contributed by atoms with van der Waals surface area (Å²) in [6, 6.07) is 24.5. The maximum atomic E-state index is 12.8. The Morgan fingerprint density at radius 2 is 1.67 bits per heavy atom. The van der Waals surface area contributed by atoms with Crippen molar-refractivity contribution in [2.24, 2.45) is 0 Å². The Balaban J connectivity index is 1.42. The lowest BCUT2D eigenvalue weighted by molar-refractivity contribution is -0.120. The summed E-state index contributed by atoms with van der Waals surface area (Å²) < 4.78 is 5.78. The second-order valence-corrected chi connectivity index (χ2v) is 7.31. The van der Waals surface area contributed by atoms with Crippen LogP contribution in [0, 0.1) is 0 Å². The number of benzene rings is 3. The zero-order valence-corrected chi connectivity index (χ0v) is 16.9. The summed E-state index contributed by atoms with van der Waals surface area (Å²) in [4.78, 5) is 27.3. The number of carbonyl (C=O) groups excluding carboxylic acids is 2. The molecule has 1 aliphatic heterocycles.